The van der Waals surface area contributed by atoms with Gasteiger partial charge in [-0.25, -0.2) is 0 Å². The first-order valence-corrected chi connectivity index (χ1v) is 6.63. The number of oxime groups is 1. The zero-order valence-corrected chi connectivity index (χ0v) is 12.6. The van der Waals surface area contributed by atoms with Gasteiger partial charge in [-0.15, -0.1) is 0 Å². The summed E-state index contributed by atoms with van der Waals surface area (Å²) in [5.74, 6) is 1.22. The Kier molecular flexibility index (Phi) is 4.12. The number of pyridine rings is 1. The maximum absolute atomic E-state index is 8.93. The van der Waals surface area contributed by atoms with Gasteiger partial charge in [-0.2, -0.15) is 0 Å². The van der Waals surface area contributed by atoms with Gasteiger partial charge in [-0.05, 0) is 51.0 Å². The number of nitrogens with zero attached hydrogens (tertiary/aromatic N) is 2. The molecule has 0 saturated carbocycles. The van der Waals surface area contributed by atoms with Crippen LogP contribution in [0, 0.1) is 27.7 Å². The van der Waals surface area contributed by atoms with E-state index < -0.39 is 0 Å². The molecule has 0 aliphatic carbocycles. The van der Waals surface area contributed by atoms with Gasteiger partial charge < -0.3 is 15.7 Å². The van der Waals surface area contributed by atoms with E-state index in [-0.39, 0.29) is 5.84 Å². The number of aryl methyl sites for hydroxylation is 4. The van der Waals surface area contributed by atoms with Crippen molar-refractivity contribution in [3.05, 3.63) is 52.3 Å². The first kappa shape index (κ1) is 14.8. The zero-order valence-electron chi connectivity index (χ0n) is 12.6. The maximum Gasteiger partial charge on any atom is 0.175 e. The van der Waals surface area contributed by atoms with Gasteiger partial charge in [0, 0.05) is 11.8 Å². The van der Waals surface area contributed by atoms with Crippen LogP contribution in [0.2, 0.25) is 0 Å². The van der Waals surface area contributed by atoms with Crippen LogP contribution < -0.4 is 10.5 Å². The molecule has 1 aromatic heterocycles. The smallest absolute Gasteiger partial charge is 0.175 e. The lowest BCUT2D eigenvalue weighted by atomic mass is 10.1. The SMILES string of the molecule is Cc1cc(Oc2ccc(C)c(C)c2)c(/C(N)=N/O)c(C)n1. The number of hydrogen-bond acceptors (Lipinski definition) is 4. The van der Waals surface area contributed by atoms with Crippen LogP contribution in [0.4, 0.5) is 0 Å². The second kappa shape index (κ2) is 5.83. The fourth-order valence-electron chi connectivity index (χ4n) is 2.14. The van der Waals surface area contributed by atoms with E-state index in [0.717, 1.165) is 11.3 Å². The predicted molar refractivity (Wildman–Crippen MR) is 82.2 cm³/mol. The molecule has 3 N–H and O–H groups in total. The summed E-state index contributed by atoms with van der Waals surface area (Å²) in [6.07, 6.45) is 0. The van der Waals surface area contributed by atoms with Crippen molar-refractivity contribution >= 4 is 5.84 Å². The van der Waals surface area contributed by atoms with Gasteiger partial charge in [-0.3, -0.25) is 4.98 Å². The number of aromatic nitrogens is 1. The van der Waals surface area contributed by atoms with Crippen molar-refractivity contribution in [2.75, 3.05) is 0 Å². The molecule has 0 radical (unpaired) electrons. The van der Waals surface area contributed by atoms with Crippen LogP contribution in [0.25, 0.3) is 0 Å². The highest BCUT2D eigenvalue weighted by Gasteiger charge is 2.15. The van der Waals surface area contributed by atoms with Gasteiger partial charge >= 0.3 is 0 Å². The third-order valence-electron chi connectivity index (χ3n) is 3.36. The Hall–Kier alpha value is -2.56. The van der Waals surface area contributed by atoms with Crippen molar-refractivity contribution in [2.45, 2.75) is 27.7 Å². The highest BCUT2D eigenvalue weighted by molar-refractivity contribution is 6.00. The Morgan fingerprint density at radius 3 is 2.48 bits per heavy atom. The Balaban J connectivity index is 2.50. The van der Waals surface area contributed by atoms with Crippen LogP contribution in [0.15, 0.2) is 29.4 Å². The predicted octanol–water partition coefficient (Wildman–Crippen LogP) is 3.20. The van der Waals surface area contributed by atoms with E-state index in [1.165, 1.54) is 5.56 Å². The summed E-state index contributed by atoms with van der Waals surface area (Å²) < 4.78 is 5.92. The molecule has 0 saturated heterocycles. The first-order chi connectivity index (χ1) is 9.92. The Morgan fingerprint density at radius 2 is 1.86 bits per heavy atom. The van der Waals surface area contributed by atoms with E-state index in [9.17, 15) is 0 Å². The van der Waals surface area contributed by atoms with Crippen molar-refractivity contribution in [3.8, 4) is 11.5 Å². The van der Waals surface area contributed by atoms with Crippen molar-refractivity contribution in [3.63, 3.8) is 0 Å². The molecule has 5 nitrogen and oxygen atoms in total. The first-order valence-electron chi connectivity index (χ1n) is 6.63. The number of nitrogens with two attached hydrogens (primary N) is 1. The second-order valence-corrected chi connectivity index (χ2v) is 5.06. The molecule has 2 rings (SSSR count). The molecule has 5 heteroatoms. The summed E-state index contributed by atoms with van der Waals surface area (Å²) in [5.41, 5.74) is 10.0. The number of benzene rings is 1. The van der Waals surface area contributed by atoms with Crippen LogP contribution in [-0.2, 0) is 0 Å². The molecule has 0 aliphatic heterocycles. The molecule has 0 bridgehead atoms. The molecule has 1 heterocycles. The van der Waals surface area contributed by atoms with Gasteiger partial charge in [0.15, 0.2) is 5.84 Å². The zero-order chi connectivity index (χ0) is 15.6. The largest absolute Gasteiger partial charge is 0.456 e. The van der Waals surface area contributed by atoms with Crippen molar-refractivity contribution < 1.29 is 9.94 Å². The van der Waals surface area contributed by atoms with Gasteiger partial charge in [0.1, 0.15) is 11.5 Å². The topological polar surface area (TPSA) is 80.7 Å². The Labute approximate surface area is 124 Å². The fourth-order valence-corrected chi connectivity index (χ4v) is 2.14. The lowest BCUT2D eigenvalue weighted by Crippen LogP contribution is -2.17. The molecular formula is C16H19N3O2. The highest BCUT2D eigenvalue weighted by atomic mass is 16.5. The molecule has 0 aliphatic rings. The summed E-state index contributed by atoms with van der Waals surface area (Å²) in [4.78, 5) is 4.32. The molecular weight excluding hydrogens is 266 g/mol. The average molecular weight is 285 g/mol. The number of ether oxygens (including phenoxy) is 1. The highest BCUT2D eigenvalue weighted by Crippen LogP contribution is 2.28. The Bertz CT molecular complexity index is 709. The van der Waals surface area contributed by atoms with E-state index in [0.29, 0.717) is 22.8 Å². The van der Waals surface area contributed by atoms with Crippen LogP contribution >= 0.6 is 0 Å². The van der Waals surface area contributed by atoms with Gasteiger partial charge in [-0.1, -0.05) is 11.2 Å². The number of hydrogen-bond donors (Lipinski definition) is 2. The van der Waals surface area contributed by atoms with Gasteiger partial charge in [0.05, 0.1) is 11.3 Å². The summed E-state index contributed by atoms with van der Waals surface area (Å²) in [7, 11) is 0. The third kappa shape index (κ3) is 3.13. The molecule has 0 amide bonds. The molecule has 0 atom stereocenters. The molecule has 0 spiro atoms. The van der Waals surface area contributed by atoms with Crippen LogP contribution in [0.1, 0.15) is 28.1 Å². The maximum atomic E-state index is 8.93. The van der Waals surface area contributed by atoms with Crippen molar-refractivity contribution in [1.29, 1.82) is 0 Å². The molecule has 0 fully saturated rings. The Morgan fingerprint density at radius 1 is 1.14 bits per heavy atom. The van der Waals surface area contributed by atoms with Crippen molar-refractivity contribution in [2.24, 2.45) is 10.9 Å². The molecule has 2 aromatic rings. The monoisotopic (exact) mass is 285 g/mol. The second-order valence-electron chi connectivity index (χ2n) is 5.06. The summed E-state index contributed by atoms with van der Waals surface area (Å²) in [6.45, 7) is 7.74. The molecule has 1 aromatic carbocycles. The number of rotatable bonds is 3. The quantitative estimate of drug-likeness (QED) is 0.393. The summed E-state index contributed by atoms with van der Waals surface area (Å²) >= 11 is 0. The van der Waals surface area contributed by atoms with Crippen LogP contribution in [0.5, 0.6) is 11.5 Å². The molecule has 110 valence electrons. The van der Waals surface area contributed by atoms with E-state index in [4.69, 9.17) is 15.7 Å². The minimum absolute atomic E-state index is 0.0150. The van der Waals surface area contributed by atoms with Crippen molar-refractivity contribution in [1.82, 2.24) is 4.98 Å². The van der Waals surface area contributed by atoms with E-state index in [1.54, 1.807) is 13.0 Å². The number of amidine groups is 1. The normalized spacial score (nSPS) is 11.5. The van der Waals surface area contributed by atoms with Crippen LogP contribution in [0.3, 0.4) is 0 Å². The van der Waals surface area contributed by atoms with E-state index in [1.807, 2.05) is 39.0 Å². The average Bonchev–Trinajstić information content (AvgIpc) is 2.41. The molecule has 0 unspecified atom stereocenters. The van der Waals surface area contributed by atoms with E-state index >= 15 is 0 Å². The minimum Gasteiger partial charge on any atom is -0.456 e. The van der Waals surface area contributed by atoms with Gasteiger partial charge in [0.2, 0.25) is 0 Å². The standard InChI is InChI=1S/C16H19N3O2/c1-9-5-6-13(7-10(9)2)21-14-8-11(3)18-12(4)15(14)16(17)19-20/h5-8,20H,1-4H3,(H2,17,19). The summed E-state index contributed by atoms with van der Waals surface area (Å²) in [6, 6.07) is 7.62. The summed E-state index contributed by atoms with van der Waals surface area (Å²) in [5, 5.41) is 12.0. The van der Waals surface area contributed by atoms with Gasteiger partial charge in [0.25, 0.3) is 0 Å². The van der Waals surface area contributed by atoms with Crippen LogP contribution in [-0.4, -0.2) is 16.0 Å². The third-order valence-corrected chi connectivity index (χ3v) is 3.36. The minimum atomic E-state index is -0.0150. The lowest BCUT2D eigenvalue weighted by Gasteiger charge is -2.14. The fraction of sp³-hybridized carbons (Fsp3) is 0.250. The molecule has 21 heavy (non-hydrogen) atoms. The van der Waals surface area contributed by atoms with E-state index in [2.05, 4.69) is 10.1 Å². The lowest BCUT2D eigenvalue weighted by molar-refractivity contribution is 0.318.